The van der Waals surface area contributed by atoms with Crippen LogP contribution >= 0.6 is 11.3 Å². The van der Waals surface area contributed by atoms with E-state index in [2.05, 4.69) is 26.3 Å². The smallest absolute Gasteiger partial charge is 0.193 e. The third-order valence-electron chi connectivity index (χ3n) is 6.26. The molecule has 1 fully saturated rings. The van der Waals surface area contributed by atoms with Gasteiger partial charge in [-0.15, -0.1) is 11.3 Å². The zero-order chi connectivity index (χ0) is 22.2. The number of pyridine rings is 1. The number of aryl methyl sites for hydroxylation is 1. The van der Waals surface area contributed by atoms with Crippen LogP contribution in [0.3, 0.4) is 0 Å². The second-order valence-corrected chi connectivity index (χ2v) is 8.95. The Morgan fingerprint density at radius 2 is 2.12 bits per heavy atom. The summed E-state index contributed by atoms with van der Waals surface area (Å²) in [6.45, 7) is 1.64. The van der Waals surface area contributed by atoms with Crippen LogP contribution in [0.5, 0.6) is 0 Å². The van der Waals surface area contributed by atoms with Crippen LogP contribution in [0, 0.1) is 0 Å². The standard InChI is InChI=1S/C23H26N6O2S/c1-24-18-13-28(14-20(18)31-3)16-4-5-17-19(11-16)29(23-26-7-9-32-23)12-15(22(17)30)10-21-25-6-8-27(21)2/h4-9,11-12,18,20,24H,10,13-14H2,1-3H3/t18-,20-/m0/s1. The molecule has 4 aromatic rings. The van der Waals surface area contributed by atoms with Crippen LogP contribution in [0.1, 0.15) is 11.4 Å². The number of imidazole rings is 1. The highest BCUT2D eigenvalue weighted by Crippen LogP contribution is 2.28. The highest BCUT2D eigenvalue weighted by molar-refractivity contribution is 7.12. The van der Waals surface area contributed by atoms with E-state index in [9.17, 15) is 4.79 Å². The highest BCUT2D eigenvalue weighted by Gasteiger charge is 2.32. The molecule has 1 aliphatic heterocycles. The fraction of sp³-hybridized carbons (Fsp3) is 0.348. The van der Waals surface area contributed by atoms with Gasteiger partial charge in [0.15, 0.2) is 10.6 Å². The van der Waals surface area contributed by atoms with Gasteiger partial charge >= 0.3 is 0 Å². The number of rotatable bonds is 6. The van der Waals surface area contributed by atoms with Crippen LogP contribution in [-0.4, -0.2) is 58.5 Å². The van der Waals surface area contributed by atoms with Crippen LogP contribution in [0.2, 0.25) is 0 Å². The summed E-state index contributed by atoms with van der Waals surface area (Å²) in [4.78, 5) is 24.6. The molecule has 8 nitrogen and oxygen atoms in total. The lowest BCUT2D eigenvalue weighted by atomic mass is 10.1. The van der Waals surface area contributed by atoms with Crippen LogP contribution in [0.25, 0.3) is 16.0 Å². The number of likely N-dealkylation sites (N-methyl/N-ethyl adjacent to an activating group) is 1. The molecule has 0 unspecified atom stereocenters. The van der Waals surface area contributed by atoms with E-state index in [4.69, 9.17) is 4.74 Å². The number of fused-ring (bicyclic) bond motifs is 1. The Hall–Kier alpha value is -3.01. The van der Waals surface area contributed by atoms with E-state index in [0.717, 1.165) is 35.2 Å². The van der Waals surface area contributed by atoms with Crippen molar-refractivity contribution < 1.29 is 4.74 Å². The van der Waals surface area contributed by atoms with Gasteiger partial charge < -0.3 is 19.5 Å². The summed E-state index contributed by atoms with van der Waals surface area (Å²) in [5, 5.41) is 6.80. The van der Waals surface area contributed by atoms with Crippen LogP contribution in [-0.2, 0) is 18.2 Å². The zero-order valence-corrected chi connectivity index (χ0v) is 19.2. The largest absolute Gasteiger partial charge is 0.378 e. The predicted octanol–water partition coefficient (Wildman–Crippen LogP) is 2.19. The Labute approximate surface area is 190 Å². The van der Waals surface area contributed by atoms with Gasteiger partial charge in [0.05, 0.1) is 17.7 Å². The number of benzene rings is 1. The summed E-state index contributed by atoms with van der Waals surface area (Å²) in [7, 11) is 5.66. The Kier molecular flexibility index (Phi) is 5.54. The van der Waals surface area contributed by atoms with E-state index in [0.29, 0.717) is 17.4 Å². The number of hydrogen-bond donors (Lipinski definition) is 1. The molecular weight excluding hydrogens is 424 g/mol. The third-order valence-corrected chi connectivity index (χ3v) is 7.03. The number of hydrogen-bond acceptors (Lipinski definition) is 7. The van der Waals surface area contributed by atoms with E-state index in [1.165, 1.54) is 0 Å². The SMILES string of the molecule is CN[C@H]1CN(c2ccc3c(=O)c(Cc4nccn4C)cn(-c4nccs4)c3c2)C[C@@H]1OC. The summed E-state index contributed by atoms with van der Waals surface area (Å²) in [5.41, 5.74) is 2.66. The fourth-order valence-electron chi connectivity index (χ4n) is 4.42. The lowest BCUT2D eigenvalue weighted by molar-refractivity contribution is 0.0996. The topological polar surface area (TPSA) is 77.2 Å². The molecule has 2 atom stereocenters. The molecule has 0 aliphatic carbocycles. The van der Waals surface area contributed by atoms with Gasteiger partial charge in [-0.1, -0.05) is 0 Å². The number of nitrogens with one attached hydrogen (secondary N) is 1. The monoisotopic (exact) mass is 450 g/mol. The van der Waals surface area contributed by atoms with Crippen molar-refractivity contribution in [2.24, 2.45) is 7.05 Å². The summed E-state index contributed by atoms with van der Waals surface area (Å²) < 4.78 is 9.63. The molecule has 0 bridgehead atoms. The van der Waals surface area contributed by atoms with E-state index in [-0.39, 0.29) is 17.6 Å². The number of anilines is 1. The van der Waals surface area contributed by atoms with Crippen molar-refractivity contribution in [2.75, 3.05) is 32.1 Å². The minimum Gasteiger partial charge on any atom is -0.378 e. The second-order valence-electron chi connectivity index (χ2n) is 8.08. The summed E-state index contributed by atoms with van der Waals surface area (Å²) in [6, 6.07) is 6.32. The summed E-state index contributed by atoms with van der Waals surface area (Å²) >= 11 is 1.55. The van der Waals surface area contributed by atoms with E-state index >= 15 is 0 Å². The van der Waals surface area contributed by atoms with Crippen LogP contribution in [0.4, 0.5) is 5.69 Å². The van der Waals surface area contributed by atoms with Crippen molar-refractivity contribution in [1.82, 2.24) is 24.4 Å². The van der Waals surface area contributed by atoms with Gasteiger partial charge in [-0.3, -0.25) is 9.36 Å². The van der Waals surface area contributed by atoms with Gasteiger partial charge in [-0.25, -0.2) is 9.97 Å². The first kappa shape index (κ1) is 20.9. The average Bonchev–Trinajstić information content (AvgIpc) is 3.56. The lowest BCUT2D eigenvalue weighted by Gasteiger charge is -2.20. The van der Waals surface area contributed by atoms with E-state index in [1.54, 1.807) is 30.8 Å². The first-order chi connectivity index (χ1) is 15.6. The Bertz CT molecular complexity index is 1280. The van der Waals surface area contributed by atoms with Crippen molar-refractivity contribution in [2.45, 2.75) is 18.6 Å². The fourth-order valence-corrected chi connectivity index (χ4v) is 5.05. The number of methoxy groups -OCH3 is 1. The molecule has 1 N–H and O–H groups in total. The number of nitrogens with zero attached hydrogens (tertiary/aromatic N) is 5. The molecule has 0 amide bonds. The molecule has 1 aliphatic rings. The normalized spacial score (nSPS) is 18.7. The molecule has 0 radical (unpaired) electrons. The molecule has 1 saturated heterocycles. The van der Waals surface area contributed by atoms with Gasteiger partial charge in [-0.05, 0) is 25.2 Å². The lowest BCUT2D eigenvalue weighted by Crippen LogP contribution is -2.37. The Morgan fingerprint density at radius 1 is 1.25 bits per heavy atom. The molecule has 9 heteroatoms. The predicted molar refractivity (Wildman–Crippen MR) is 127 cm³/mol. The highest BCUT2D eigenvalue weighted by atomic mass is 32.1. The third kappa shape index (κ3) is 3.62. The summed E-state index contributed by atoms with van der Waals surface area (Å²) in [6.07, 6.45) is 7.94. The van der Waals surface area contributed by atoms with E-state index < -0.39 is 0 Å². The van der Waals surface area contributed by atoms with Crippen LogP contribution in [0.15, 0.2) is 53.2 Å². The molecule has 0 spiro atoms. The molecule has 3 aromatic heterocycles. The van der Waals surface area contributed by atoms with Gasteiger partial charge in [0, 0.05) is 80.5 Å². The molecular formula is C23H26N6O2S. The van der Waals surface area contributed by atoms with Crippen molar-refractivity contribution in [3.8, 4) is 5.13 Å². The van der Waals surface area contributed by atoms with Crippen molar-refractivity contribution in [1.29, 1.82) is 0 Å². The minimum absolute atomic E-state index is 0.0339. The van der Waals surface area contributed by atoms with Gasteiger partial charge in [0.1, 0.15) is 5.82 Å². The van der Waals surface area contributed by atoms with E-state index in [1.807, 2.05) is 53.1 Å². The molecule has 5 rings (SSSR count). The van der Waals surface area contributed by atoms with Crippen molar-refractivity contribution >= 4 is 27.9 Å². The maximum Gasteiger partial charge on any atom is 0.193 e. The Balaban J connectivity index is 1.62. The number of ether oxygens (including phenoxy) is 1. The maximum atomic E-state index is 13.4. The number of aromatic nitrogens is 4. The average molecular weight is 451 g/mol. The zero-order valence-electron chi connectivity index (χ0n) is 18.4. The summed E-state index contributed by atoms with van der Waals surface area (Å²) in [5.74, 6) is 0.851. The quantitative estimate of drug-likeness (QED) is 0.485. The first-order valence-electron chi connectivity index (χ1n) is 10.6. The van der Waals surface area contributed by atoms with Gasteiger partial charge in [0.2, 0.25) is 0 Å². The molecule has 166 valence electrons. The second kappa shape index (κ2) is 8.50. The van der Waals surface area contributed by atoms with Crippen LogP contribution < -0.4 is 15.6 Å². The minimum atomic E-state index is 0.0339. The Morgan fingerprint density at radius 3 is 2.78 bits per heavy atom. The maximum absolute atomic E-state index is 13.4. The van der Waals surface area contributed by atoms with Gasteiger partial charge in [0.25, 0.3) is 0 Å². The van der Waals surface area contributed by atoms with Crippen molar-refractivity contribution in [3.05, 3.63) is 70.0 Å². The molecule has 4 heterocycles. The first-order valence-corrected chi connectivity index (χ1v) is 11.5. The molecule has 0 saturated carbocycles. The molecule has 1 aromatic carbocycles. The van der Waals surface area contributed by atoms with Crippen molar-refractivity contribution in [3.63, 3.8) is 0 Å². The van der Waals surface area contributed by atoms with Gasteiger partial charge in [-0.2, -0.15) is 0 Å². The molecule has 32 heavy (non-hydrogen) atoms. The number of thiazole rings is 1.